The van der Waals surface area contributed by atoms with E-state index in [1.165, 1.54) is 29.2 Å². The van der Waals surface area contributed by atoms with E-state index in [0.29, 0.717) is 31.7 Å². The molecule has 6 nitrogen and oxygen atoms in total. The van der Waals surface area contributed by atoms with Crippen LogP contribution in [0.15, 0.2) is 36.5 Å². The van der Waals surface area contributed by atoms with Gasteiger partial charge in [0.05, 0.1) is 5.02 Å². The molecule has 1 aromatic carbocycles. The molecule has 0 spiro atoms. The number of carbonyl (C=O) groups is 2. The van der Waals surface area contributed by atoms with Gasteiger partial charge in [0, 0.05) is 42.5 Å². The average Bonchev–Trinajstić information content (AvgIpc) is 3.17. The van der Waals surface area contributed by atoms with Gasteiger partial charge in [-0.25, -0.2) is 22.9 Å². The van der Waals surface area contributed by atoms with Crippen LogP contribution in [0.25, 0.3) is 0 Å². The summed E-state index contributed by atoms with van der Waals surface area (Å²) in [5, 5.41) is 2.88. The van der Waals surface area contributed by atoms with Crippen molar-refractivity contribution in [2.24, 2.45) is 0 Å². The SMILES string of the molecule is O=C(N[C@H]1CC[C@H](N2CCN(c3ccc(C(F)F)cn3)C2=O)CC1)c1ccc(Cl)c(F)c1. The van der Waals surface area contributed by atoms with Gasteiger partial charge in [0.25, 0.3) is 12.3 Å². The van der Waals surface area contributed by atoms with Gasteiger partial charge in [-0.2, -0.15) is 0 Å². The summed E-state index contributed by atoms with van der Waals surface area (Å²) in [6.45, 7) is 0.974. The molecule has 2 aliphatic rings. The third-order valence-corrected chi connectivity index (χ3v) is 6.30. The van der Waals surface area contributed by atoms with Crippen LogP contribution in [0.1, 0.15) is 48.0 Å². The second kappa shape index (κ2) is 9.36. The molecule has 1 aromatic heterocycles. The Kier molecular flexibility index (Phi) is 6.55. The van der Waals surface area contributed by atoms with E-state index in [2.05, 4.69) is 10.3 Å². The maximum absolute atomic E-state index is 13.6. The third-order valence-electron chi connectivity index (χ3n) is 5.99. The van der Waals surface area contributed by atoms with Gasteiger partial charge in [0.2, 0.25) is 0 Å². The number of benzene rings is 1. The van der Waals surface area contributed by atoms with Crippen molar-refractivity contribution in [2.75, 3.05) is 18.0 Å². The molecule has 0 atom stereocenters. The highest BCUT2D eigenvalue weighted by atomic mass is 35.5. The molecule has 1 aliphatic carbocycles. The Labute approximate surface area is 188 Å². The Morgan fingerprint density at radius 2 is 1.88 bits per heavy atom. The highest BCUT2D eigenvalue weighted by molar-refractivity contribution is 6.30. The van der Waals surface area contributed by atoms with Gasteiger partial charge in [-0.05, 0) is 56.0 Å². The predicted octanol–water partition coefficient (Wildman–Crippen LogP) is 4.79. The van der Waals surface area contributed by atoms with Crippen molar-refractivity contribution in [1.82, 2.24) is 15.2 Å². The standard InChI is InChI=1S/C22H22ClF3N4O2/c23-17-7-1-13(11-18(17)24)21(31)28-15-3-5-16(6-4-15)29-9-10-30(22(29)32)19-8-2-14(12-27-19)20(25)26/h1-2,7-8,11-12,15-16,20H,3-6,9-10H2,(H,28,31)/t15-,16-. The fourth-order valence-electron chi connectivity index (χ4n) is 4.23. The Morgan fingerprint density at radius 1 is 1.12 bits per heavy atom. The molecular weight excluding hydrogens is 445 g/mol. The van der Waals surface area contributed by atoms with Gasteiger partial charge in [0.1, 0.15) is 11.6 Å². The number of pyridine rings is 1. The van der Waals surface area contributed by atoms with Crippen LogP contribution in [0.4, 0.5) is 23.8 Å². The fraction of sp³-hybridized carbons (Fsp3) is 0.409. The monoisotopic (exact) mass is 466 g/mol. The maximum atomic E-state index is 13.6. The van der Waals surface area contributed by atoms with Crippen LogP contribution in [0.2, 0.25) is 5.02 Å². The van der Waals surface area contributed by atoms with Crippen molar-refractivity contribution in [1.29, 1.82) is 0 Å². The average molecular weight is 467 g/mol. The summed E-state index contributed by atoms with van der Waals surface area (Å²) in [4.78, 5) is 32.6. The number of halogens is 4. The van der Waals surface area contributed by atoms with Gasteiger partial charge >= 0.3 is 6.03 Å². The quantitative estimate of drug-likeness (QED) is 0.688. The molecule has 3 amide bonds. The first kappa shape index (κ1) is 22.4. The summed E-state index contributed by atoms with van der Waals surface area (Å²) in [6.07, 6.45) is 1.32. The zero-order chi connectivity index (χ0) is 22.8. The third kappa shape index (κ3) is 4.67. The Morgan fingerprint density at radius 3 is 2.50 bits per heavy atom. The minimum absolute atomic E-state index is 0.0356. The van der Waals surface area contributed by atoms with E-state index < -0.39 is 12.2 Å². The van der Waals surface area contributed by atoms with E-state index >= 15 is 0 Å². The highest BCUT2D eigenvalue weighted by Gasteiger charge is 2.37. The van der Waals surface area contributed by atoms with Crippen LogP contribution in [0, 0.1) is 5.82 Å². The van der Waals surface area contributed by atoms with E-state index in [4.69, 9.17) is 11.6 Å². The molecule has 10 heteroatoms. The molecule has 1 saturated carbocycles. The van der Waals surface area contributed by atoms with Crippen LogP contribution in [0.5, 0.6) is 0 Å². The lowest BCUT2D eigenvalue weighted by molar-refractivity contribution is 0.0914. The Hall–Kier alpha value is -2.81. The number of carbonyl (C=O) groups excluding carboxylic acids is 2. The van der Waals surface area contributed by atoms with Crippen molar-refractivity contribution in [2.45, 2.75) is 44.2 Å². The first-order valence-corrected chi connectivity index (χ1v) is 10.8. The van der Waals surface area contributed by atoms with Gasteiger partial charge in [-0.3, -0.25) is 9.69 Å². The Bertz CT molecular complexity index is 997. The summed E-state index contributed by atoms with van der Waals surface area (Å²) in [7, 11) is 0. The summed E-state index contributed by atoms with van der Waals surface area (Å²) in [5.41, 5.74) is 0.0312. The number of alkyl halides is 2. The van der Waals surface area contributed by atoms with Crippen LogP contribution in [-0.4, -0.2) is 47.0 Å². The second-order valence-corrected chi connectivity index (χ2v) is 8.39. The first-order chi connectivity index (χ1) is 15.3. The van der Waals surface area contributed by atoms with Crippen LogP contribution < -0.4 is 10.2 Å². The van der Waals surface area contributed by atoms with E-state index in [1.54, 1.807) is 4.90 Å². The van der Waals surface area contributed by atoms with Crippen molar-refractivity contribution in [3.8, 4) is 0 Å². The number of hydrogen-bond donors (Lipinski definition) is 1. The van der Waals surface area contributed by atoms with Gasteiger partial charge < -0.3 is 10.2 Å². The molecule has 0 bridgehead atoms. The molecule has 170 valence electrons. The van der Waals surface area contributed by atoms with E-state index in [-0.39, 0.29) is 40.2 Å². The van der Waals surface area contributed by atoms with Crippen molar-refractivity contribution in [3.63, 3.8) is 0 Å². The number of hydrogen-bond acceptors (Lipinski definition) is 3. The predicted molar refractivity (Wildman–Crippen MR) is 114 cm³/mol. The molecule has 0 unspecified atom stereocenters. The molecule has 1 saturated heterocycles. The van der Waals surface area contributed by atoms with Gasteiger partial charge in [0.15, 0.2) is 0 Å². The number of aromatic nitrogens is 1. The van der Waals surface area contributed by atoms with E-state index in [9.17, 15) is 22.8 Å². The molecule has 2 fully saturated rings. The summed E-state index contributed by atoms with van der Waals surface area (Å²) in [6, 6.07) is 6.45. The minimum atomic E-state index is -2.60. The number of nitrogens with zero attached hydrogens (tertiary/aromatic N) is 3. The van der Waals surface area contributed by atoms with Crippen molar-refractivity contribution < 1.29 is 22.8 Å². The molecule has 4 rings (SSSR count). The fourth-order valence-corrected chi connectivity index (χ4v) is 4.35. The number of amides is 3. The topological polar surface area (TPSA) is 65.5 Å². The number of urea groups is 1. The zero-order valence-electron chi connectivity index (χ0n) is 17.1. The summed E-state index contributed by atoms with van der Waals surface area (Å²) in [5.74, 6) is -0.637. The first-order valence-electron chi connectivity index (χ1n) is 10.4. The second-order valence-electron chi connectivity index (χ2n) is 7.99. The zero-order valence-corrected chi connectivity index (χ0v) is 17.9. The van der Waals surface area contributed by atoms with E-state index in [0.717, 1.165) is 25.1 Å². The smallest absolute Gasteiger partial charge is 0.326 e. The maximum Gasteiger partial charge on any atom is 0.326 e. The largest absolute Gasteiger partial charge is 0.349 e. The van der Waals surface area contributed by atoms with Crippen molar-refractivity contribution in [3.05, 3.63) is 58.5 Å². The number of nitrogens with one attached hydrogen (secondary N) is 1. The number of anilines is 1. The molecular formula is C22H22ClF3N4O2. The highest BCUT2D eigenvalue weighted by Crippen LogP contribution is 2.29. The molecule has 2 heterocycles. The van der Waals surface area contributed by atoms with E-state index in [1.807, 2.05) is 0 Å². The molecule has 0 radical (unpaired) electrons. The van der Waals surface area contributed by atoms with Crippen LogP contribution in [0.3, 0.4) is 0 Å². The van der Waals surface area contributed by atoms with Gasteiger partial charge in [-0.15, -0.1) is 0 Å². The summed E-state index contributed by atoms with van der Waals surface area (Å²) < 4.78 is 39.0. The lowest BCUT2D eigenvalue weighted by Crippen LogP contribution is -2.45. The van der Waals surface area contributed by atoms with Gasteiger partial charge in [-0.1, -0.05) is 11.6 Å². The van der Waals surface area contributed by atoms with Crippen LogP contribution in [-0.2, 0) is 0 Å². The molecule has 1 N–H and O–H groups in total. The summed E-state index contributed by atoms with van der Waals surface area (Å²) >= 11 is 5.66. The molecule has 2 aromatic rings. The lowest BCUT2D eigenvalue weighted by atomic mass is 9.90. The molecule has 32 heavy (non-hydrogen) atoms. The Balaban J connectivity index is 1.31. The van der Waals surface area contributed by atoms with Crippen molar-refractivity contribution >= 4 is 29.4 Å². The molecule has 1 aliphatic heterocycles. The normalized spacial score (nSPS) is 21.3. The lowest BCUT2D eigenvalue weighted by Gasteiger charge is -2.34. The van der Waals surface area contributed by atoms with Crippen LogP contribution >= 0.6 is 11.6 Å². The minimum Gasteiger partial charge on any atom is -0.349 e. The number of rotatable bonds is 5.